The van der Waals surface area contributed by atoms with Crippen LogP contribution in [-0.2, 0) is 0 Å². The van der Waals surface area contributed by atoms with E-state index in [0.717, 1.165) is 17.2 Å². The number of piperidine rings is 1. The predicted octanol–water partition coefficient (Wildman–Crippen LogP) is 4.49. The van der Waals surface area contributed by atoms with Gasteiger partial charge in [0.2, 0.25) is 0 Å². The van der Waals surface area contributed by atoms with E-state index in [9.17, 15) is 4.39 Å². The van der Waals surface area contributed by atoms with Gasteiger partial charge in [-0.2, -0.15) is 0 Å². The number of aromatic amines is 1. The zero-order chi connectivity index (χ0) is 24.3. The molecule has 2 unspecified atom stereocenters. The number of hydrogen-bond donors (Lipinski definition) is 3. The summed E-state index contributed by atoms with van der Waals surface area (Å²) in [6.07, 6.45) is 7.86. The molecule has 1 aromatic carbocycles. The molecule has 0 amide bonds. The highest BCUT2D eigenvalue weighted by Gasteiger charge is 2.36. The Labute approximate surface area is 199 Å². The number of pyridine rings is 2. The van der Waals surface area contributed by atoms with Gasteiger partial charge in [0.05, 0.1) is 34.2 Å². The average molecular weight is 480 g/mol. The monoisotopic (exact) mass is 479 g/mol. The highest BCUT2D eigenvalue weighted by Crippen LogP contribution is 2.45. The molecule has 7 nitrogen and oxygen atoms in total. The second-order valence-corrected chi connectivity index (χ2v) is 9.22. The first kappa shape index (κ1) is 21.8. The van der Waals surface area contributed by atoms with Crippen LogP contribution in [0, 0.1) is 11.6 Å². The van der Waals surface area contributed by atoms with E-state index in [0.29, 0.717) is 52.9 Å². The third-order valence-electron chi connectivity index (χ3n) is 6.95. The Balaban J connectivity index is 1.67. The summed E-state index contributed by atoms with van der Waals surface area (Å²) in [5.41, 5.74) is 8.29. The van der Waals surface area contributed by atoms with Crippen LogP contribution >= 0.6 is 0 Å². The Morgan fingerprint density at radius 2 is 2.06 bits per heavy atom. The normalized spacial score (nSPS) is 21.7. The third kappa shape index (κ3) is 3.51. The molecule has 2 aliphatic heterocycles. The zero-order valence-electron chi connectivity index (χ0n) is 19.1. The number of hydrogen-bond acceptors (Lipinski definition) is 6. The SMILES string of the molecule is CNc1cc(F)c(F)c2c1[nH]c1ncc(-c3cncc(C4C=N4)c3)c(N3CCCC(F)(CN)C3)c12. The maximum absolute atomic E-state index is 15.5. The number of nitrogens with zero attached hydrogens (tertiary/aromatic N) is 4. The van der Waals surface area contributed by atoms with Crippen molar-refractivity contribution < 1.29 is 13.2 Å². The van der Waals surface area contributed by atoms with Gasteiger partial charge in [-0.3, -0.25) is 9.98 Å². The Morgan fingerprint density at radius 1 is 1.23 bits per heavy atom. The Morgan fingerprint density at radius 3 is 2.80 bits per heavy atom. The van der Waals surface area contributed by atoms with Gasteiger partial charge in [0.25, 0.3) is 0 Å². The van der Waals surface area contributed by atoms with Crippen molar-refractivity contribution in [2.75, 3.05) is 36.9 Å². The first-order valence-electron chi connectivity index (χ1n) is 11.5. The van der Waals surface area contributed by atoms with Gasteiger partial charge in [-0.25, -0.2) is 18.2 Å². The zero-order valence-corrected chi connectivity index (χ0v) is 19.1. The lowest BCUT2D eigenvalue weighted by atomic mass is 9.92. The summed E-state index contributed by atoms with van der Waals surface area (Å²) in [7, 11) is 1.64. The van der Waals surface area contributed by atoms with Crippen LogP contribution in [-0.4, -0.2) is 53.5 Å². The van der Waals surface area contributed by atoms with E-state index in [1.807, 2.05) is 17.2 Å². The minimum Gasteiger partial charge on any atom is -0.386 e. The minimum atomic E-state index is -1.58. The first-order chi connectivity index (χ1) is 16.9. The lowest BCUT2D eigenvalue weighted by Gasteiger charge is -2.39. The van der Waals surface area contributed by atoms with E-state index in [2.05, 4.69) is 25.3 Å². The number of aliphatic imine (C=N–C) groups is 1. The third-order valence-corrected chi connectivity index (χ3v) is 6.95. The van der Waals surface area contributed by atoms with E-state index in [1.165, 1.54) is 0 Å². The molecule has 35 heavy (non-hydrogen) atoms. The highest BCUT2D eigenvalue weighted by molar-refractivity contribution is 6.18. The summed E-state index contributed by atoms with van der Waals surface area (Å²) in [6.45, 7) is 0.458. The first-order valence-corrected chi connectivity index (χ1v) is 11.5. The number of nitrogens with one attached hydrogen (secondary N) is 2. The Hall–Kier alpha value is -3.66. The molecular formula is C25H24F3N7. The molecule has 0 bridgehead atoms. The second kappa shape index (κ2) is 7.94. The smallest absolute Gasteiger partial charge is 0.169 e. The fourth-order valence-corrected chi connectivity index (χ4v) is 5.11. The number of halogens is 3. The van der Waals surface area contributed by atoms with Crippen molar-refractivity contribution in [3.05, 3.63) is 47.9 Å². The summed E-state index contributed by atoms with van der Waals surface area (Å²) in [5.74, 6) is -1.96. The maximum Gasteiger partial charge on any atom is 0.169 e. The molecule has 0 saturated carbocycles. The summed E-state index contributed by atoms with van der Waals surface area (Å²) in [6, 6.07) is 3.06. The summed E-state index contributed by atoms with van der Waals surface area (Å²) < 4.78 is 45.5. The quantitative estimate of drug-likeness (QED) is 0.392. The molecule has 180 valence electrons. The molecule has 1 fully saturated rings. The van der Waals surface area contributed by atoms with Crippen molar-refractivity contribution in [1.29, 1.82) is 0 Å². The maximum atomic E-state index is 15.5. The van der Waals surface area contributed by atoms with Crippen molar-refractivity contribution in [3.8, 4) is 11.1 Å². The summed E-state index contributed by atoms with van der Waals surface area (Å²) in [4.78, 5) is 18.2. The topological polar surface area (TPSA) is 95.2 Å². The van der Waals surface area contributed by atoms with E-state index in [1.54, 1.807) is 25.6 Å². The van der Waals surface area contributed by atoms with Crippen LogP contribution in [0.25, 0.3) is 33.1 Å². The van der Waals surface area contributed by atoms with Crippen LogP contribution in [0.4, 0.5) is 24.5 Å². The summed E-state index contributed by atoms with van der Waals surface area (Å²) >= 11 is 0. The molecule has 2 aliphatic rings. The molecule has 5 heterocycles. The van der Waals surface area contributed by atoms with Gasteiger partial charge in [0, 0.05) is 67.7 Å². The standard InChI is InChI=1S/C25H24F3N7/c1-30-17-6-16(26)21(27)19-20-23(35-4-2-3-25(28,11-29)12-35)15(9-33-24(20)34-22(17)19)13-5-14(8-31-7-13)18-10-32-18/h5-10,18,30H,2-4,11-12,29H2,1H3,(H,33,34). The van der Waals surface area contributed by atoms with Crippen LogP contribution in [0.3, 0.4) is 0 Å². The second-order valence-electron chi connectivity index (χ2n) is 9.22. The fourth-order valence-electron chi connectivity index (χ4n) is 5.11. The molecule has 1 saturated heterocycles. The van der Waals surface area contributed by atoms with Crippen LogP contribution in [0.5, 0.6) is 0 Å². The van der Waals surface area contributed by atoms with E-state index in [-0.39, 0.29) is 24.5 Å². The number of rotatable bonds is 5. The molecule has 3 aromatic heterocycles. The number of alkyl halides is 1. The Bertz CT molecular complexity index is 1490. The van der Waals surface area contributed by atoms with Crippen molar-refractivity contribution in [2.24, 2.45) is 10.7 Å². The van der Waals surface area contributed by atoms with Gasteiger partial charge >= 0.3 is 0 Å². The lowest BCUT2D eigenvalue weighted by molar-refractivity contribution is 0.146. The molecule has 10 heteroatoms. The lowest BCUT2D eigenvalue weighted by Crippen LogP contribution is -2.49. The summed E-state index contributed by atoms with van der Waals surface area (Å²) in [5, 5.41) is 3.39. The number of fused-ring (bicyclic) bond motifs is 3. The number of aromatic nitrogens is 3. The molecule has 2 atom stereocenters. The number of benzene rings is 1. The molecule has 0 radical (unpaired) electrons. The van der Waals surface area contributed by atoms with Crippen LogP contribution in [0.2, 0.25) is 0 Å². The van der Waals surface area contributed by atoms with Gasteiger partial charge in [0.1, 0.15) is 17.4 Å². The van der Waals surface area contributed by atoms with Crippen molar-refractivity contribution in [1.82, 2.24) is 15.0 Å². The van der Waals surface area contributed by atoms with Crippen molar-refractivity contribution in [2.45, 2.75) is 24.6 Å². The Kier molecular flexibility index (Phi) is 4.96. The van der Waals surface area contributed by atoms with Gasteiger partial charge in [-0.05, 0) is 18.9 Å². The number of H-pyrrole nitrogens is 1. The van der Waals surface area contributed by atoms with Gasteiger partial charge in [-0.1, -0.05) is 0 Å². The van der Waals surface area contributed by atoms with Crippen LogP contribution in [0.1, 0.15) is 24.4 Å². The van der Waals surface area contributed by atoms with Crippen LogP contribution < -0.4 is 16.0 Å². The number of nitrogens with two attached hydrogens (primary N) is 1. The molecule has 6 rings (SSSR count). The van der Waals surface area contributed by atoms with Crippen LogP contribution in [0.15, 0.2) is 35.7 Å². The van der Waals surface area contributed by atoms with Crippen molar-refractivity contribution in [3.63, 3.8) is 0 Å². The largest absolute Gasteiger partial charge is 0.386 e. The van der Waals surface area contributed by atoms with Gasteiger partial charge in [-0.15, -0.1) is 0 Å². The molecule has 4 aromatic rings. The molecule has 0 spiro atoms. The van der Waals surface area contributed by atoms with E-state index >= 15 is 8.78 Å². The molecular weight excluding hydrogens is 455 g/mol. The van der Waals surface area contributed by atoms with Gasteiger partial charge < -0.3 is 20.9 Å². The highest BCUT2D eigenvalue weighted by atomic mass is 19.2. The average Bonchev–Trinajstić information content (AvgIpc) is 3.65. The molecule has 0 aliphatic carbocycles. The van der Waals surface area contributed by atoms with E-state index in [4.69, 9.17) is 5.73 Å². The molecule has 4 N–H and O–H groups in total. The predicted molar refractivity (Wildman–Crippen MR) is 132 cm³/mol. The van der Waals surface area contributed by atoms with Gasteiger partial charge in [0.15, 0.2) is 11.6 Å². The van der Waals surface area contributed by atoms with E-state index < -0.39 is 17.3 Å². The number of anilines is 2. The fraction of sp³-hybridized carbons (Fsp3) is 0.320. The minimum absolute atomic E-state index is 0.00822. The van der Waals surface area contributed by atoms with Crippen molar-refractivity contribution >= 4 is 39.5 Å².